The SMILES string of the molecule is O=Cc1ccc(Br)cc1Oc1cccc(Br)c1. The molecule has 0 spiro atoms. The van der Waals surface area contributed by atoms with Crippen LogP contribution in [0, 0.1) is 0 Å². The number of aldehydes is 1. The van der Waals surface area contributed by atoms with Gasteiger partial charge in [0.25, 0.3) is 0 Å². The van der Waals surface area contributed by atoms with Crippen molar-refractivity contribution < 1.29 is 9.53 Å². The maximum Gasteiger partial charge on any atom is 0.153 e. The second kappa shape index (κ2) is 5.47. The average molecular weight is 356 g/mol. The van der Waals surface area contributed by atoms with Crippen LogP contribution in [0.5, 0.6) is 11.5 Å². The Hall–Kier alpha value is -1.13. The molecule has 17 heavy (non-hydrogen) atoms. The van der Waals surface area contributed by atoms with Crippen LogP contribution in [0.2, 0.25) is 0 Å². The molecule has 0 N–H and O–H groups in total. The summed E-state index contributed by atoms with van der Waals surface area (Å²) in [5.41, 5.74) is 0.521. The van der Waals surface area contributed by atoms with Gasteiger partial charge in [0.2, 0.25) is 0 Å². The van der Waals surface area contributed by atoms with Crippen molar-refractivity contribution in [2.24, 2.45) is 0 Å². The zero-order valence-corrected chi connectivity index (χ0v) is 11.9. The summed E-state index contributed by atoms with van der Waals surface area (Å²) in [6.07, 6.45) is 0.778. The van der Waals surface area contributed by atoms with Gasteiger partial charge in [0, 0.05) is 8.95 Å². The Bertz CT molecular complexity index is 553. The van der Waals surface area contributed by atoms with Crippen LogP contribution in [0.3, 0.4) is 0 Å². The van der Waals surface area contributed by atoms with Crippen LogP contribution in [0.4, 0.5) is 0 Å². The first kappa shape index (κ1) is 12.3. The first-order valence-corrected chi connectivity index (χ1v) is 6.46. The van der Waals surface area contributed by atoms with Gasteiger partial charge in [-0.25, -0.2) is 0 Å². The Morgan fingerprint density at radius 2 is 1.76 bits per heavy atom. The maximum atomic E-state index is 10.9. The molecule has 86 valence electrons. The smallest absolute Gasteiger partial charge is 0.153 e. The molecule has 0 amide bonds. The van der Waals surface area contributed by atoms with Crippen molar-refractivity contribution in [3.63, 3.8) is 0 Å². The van der Waals surface area contributed by atoms with E-state index in [-0.39, 0.29) is 0 Å². The second-order valence-corrected chi connectivity index (χ2v) is 5.19. The molecule has 0 saturated carbocycles. The van der Waals surface area contributed by atoms with Crippen LogP contribution in [0.15, 0.2) is 51.4 Å². The summed E-state index contributed by atoms with van der Waals surface area (Å²) >= 11 is 6.71. The Morgan fingerprint density at radius 1 is 1.00 bits per heavy atom. The fourth-order valence-corrected chi connectivity index (χ4v) is 2.07. The topological polar surface area (TPSA) is 26.3 Å². The molecule has 0 atom stereocenters. The van der Waals surface area contributed by atoms with Crippen molar-refractivity contribution >= 4 is 38.1 Å². The molecule has 2 aromatic rings. The molecule has 0 unspecified atom stereocenters. The van der Waals surface area contributed by atoms with Crippen LogP contribution < -0.4 is 4.74 Å². The van der Waals surface area contributed by atoms with Gasteiger partial charge < -0.3 is 4.74 Å². The number of hydrogen-bond acceptors (Lipinski definition) is 2. The normalized spacial score (nSPS) is 10.0. The number of ether oxygens (including phenoxy) is 1. The van der Waals surface area contributed by atoms with Gasteiger partial charge >= 0.3 is 0 Å². The van der Waals surface area contributed by atoms with E-state index in [2.05, 4.69) is 31.9 Å². The van der Waals surface area contributed by atoms with E-state index in [9.17, 15) is 4.79 Å². The van der Waals surface area contributed by atoms with Gasteiger partial charge in [0.15, 0.2) is 6.29 Å². The molecule has 0 aliphatic heterocycles. The molecule has 0 fully saturated rings. The van der Waals surface area contributed by atoms with Gasteiger partial charge in [-0.3, -0.25) is 4.79 Å². The molecular weight excluding hydrogens is 348 g/mol. The standard InChI is InChI=1S/C13H8Br2O2/c14-10-2-1-3-12(6-10)17-13-7-11(15)5-4-9(13)8-16/h1-8H. The van der Waals surface area contributed by atoms with E-state index in [0.717, 1.165) is 15.2 Å². The van der Waals surface area contributed by atoms with Gasteiger partial charge in [-0.2, -0.15) is 0 Å². The highest BCUT2D eigenvalue weighted by atomic mass is 79.9. The van der Waals surface area contributed by atoms with E-state index in [4.69, 9.17) is 4.74 Å². The number of rotatable bonds is 3. The van der Waals surface area contributed by atoms with E-state index in [1.807, 2.05) is 24.3 Å². The van der Waals surface area contributed by atoms with Gasteiger partial charge in [-0.15, -0.1) is 0 Å². The highest BCUT2D eigenvalue weighted by Gasteiger charge is 2.05. The number of carbonyl (C=O) groups is 1. The average Bonchev–Trinajstić information content (AvgIpc) is 2.29. The van der Waals surface area contributed by atoms with Gasteiger partial charge in [-0.05, 0) is 36.4 Å². The molecule has 0 heterocycles. The summed E-state index contributed by atoms with van der Waals surface area (Å²) in [5, 5.41) is 0. The number of benzene rings is 2. The molecule has 4 heteroatoms. The zero-order chi connectivity index (χ0) is 12.3. The summed E-state index contributed by atoms with van der Waals surface area (Å²) in [6.45, 7) is 0. The summed E-state index contributed by atoms with van der Waals surface area (Å²) in [7, 11) is 0. The minimum atomic E-state index is 0.521. The van der Waals surface area contributed by atoms with Crippen LogP contribution in [-0.4, -0.2) is 6.29 Å². The van der Waals surface area contributed by atoms with Crippen molar-refractivity contribution in [3.8, 4) is 11.5 Å². The molecule has 0 aliphatic rings. The van der Waals surface area contributed by atoms with Crippen molar-refractivity contribution in [3.05, 3.63) is 57.0 Å². The molecule has 0 aliphatic carbocycles. The molecule has 0 bridgehead atoms. The van der Waals surface area contributed by atoms with Crippen LogP contribution in [-0.2, 0) is 0 Å². The van der Waals surface area contributed by atoms with E-state index in [0.29, 0.717) is 17.1 Å². The maximum absolute atomic E-state index is 10.9. The Morgan fingerprint density at radius 3 is 2.47 bits per heavy atom. The van der Waals surface area contributed by atoms with Crippen LogP contribution >= 0.6 is 31.9 Å². The Labute approximate surface area is 116 Å². The molecule has 2 aromatic carbocycles. The van der Waals surface area contributed by atoms with Crippen molar-refractivity contribution in [1.29, 1.82) is 0 Å². The molecule has 2 nitrogen and oxygen atoms in total. The van der Waals surface area contributed by atoms with Crippen LogP contribution in [0.25, 0.3) is 0 Å². The number of halogens is 2. The lowest BCUT2D eigenvalue weighted by atomic mass is 10.2. The monoisotopic (exact) mass is 354 g/mol. The van der Waals surface area contributed by atoms with Crippen LogP contribution in [0.1, 0.15) is 10.4 Å². The predicted molar refractivity (Wildman–Crippen MR) is 73.7 cm³/mol. The fourth-order valence-electron chi connectivity index (χ4n) is 1.35. The Balaban J connectivity index is 2.35. The van der Waals surface area contributed by atoms with E-state index < -0.39 is 0 Å². The molecule has 2 rings (SSSR count). The summed E-state index contributed by atoms with van der Waals surface area (Å²) in [6, 6.07) is 12.7. The summed E-state index contributed by atoms with van der Waals surface area (Å²) in [4.78, 5) is 10.9. The lowest BCUT2D eigenvalue weighted by Crippen LogP contribution is -1.90. The number of hydrogen-bond donors (Lipinski definition) is 0. The lowest BCUT2D eigenvalue weighted by Gasteiger charge is -2.08. The molecule has 0 radical (unpaired) electrons. The zero-order valence-electron chi connectivity index (χ0n) is 8.69. The number of carbonyl (C=O) groups excluding carboxylic acids is 1. The van der Waals surface area contributed by atoms with Crippen molar-refractivity contribution in [1.82, 2.24) is 0 Å². The largest absolute Gasteiger partial charge is 0.457 e. The van der Waals surface area contributed by atoms with Gasteiger partial charge in [0.05, 0.1) is 5.56 Å². The second-order valence-electron chi connectivity index (χ2n) is 3.36. The van der Waals surface area contributed by atoms with Crippen molar-refractivity contribution in [2.75, 3.05) is 0 Å². The van der Waals surface area contributed by atoms with Gasteiger partial charge in [-0.1, -0.05) is 37.9 Å². The highest BCUT2D eigenvalue weighted by Crippen LogP contribution is 2.29. The van der Waals surface area contributed by atoms with E-state index in [1.54, 1.807) is 18.2 Å². The summed E-state index contributed by atoms with van der Waals surface area (Å²) < 4.78 is 7.47. The molecular formula is C13H8Br2O2. The minimum absolute atomic E-state index is 0.521. The predicted octanol–water partition coefficient (Wildman–Crippen LogP) is 4.82. The van der Waals surface area contributed by atoms with E-state index in [1.165, 1.54) is 0 Å². The Kier molecular flexibility index (Phi) is 3.97. The van der Waals surface area contributed by atoms with Gasteiger partial charge in [0.1, 0.15) is 11.5 Å². The third kappa shape index (κ3) is 3.17. The van der Waals surface area contributed by atoms with E-state index >= 15 is 0 Å². The van der Waals surface area contributed by atoms with Crippen molar-refractivity contribution in [2.45, 2.75) is 0 Å². The highest BCUT2D eigenvalue weighted by molar-refractivity contribution is 9.10. The third-order valence-electron chi connectivity index (χ3n) is 2.13. The lowest BCUT2D eigenvalue weighted by molar-refractivity contribution is 0.112. The summed E-state index contributed by atoms with van der Waals surface area (Å²) in [5.74, 6) is 1.22. The minimum Gasteiger partial charge on any atom is -0.457 e. The fraction of sp³-hybridized carbons (Fsp3) is 0. The third-order valence-corrected chi connectivity index (χ3v) is 3.11. The first-order chi connectivity index (χ1) is 8.19. The first-order valence-electron chi connectivity index (χ1n) is 4.87. The molecule has 0 aromatic heterocycles. The molecule has 0 saturated heterocycles. The quantitative estimate of drug-likeness (QED) is 0.738.